The number of aromatic nitrogens is 3. The van der Waals surface area contributed by atoms with Gasteiger partial charge in [-0.1, -0.05) is 42.5 Å². The average molecular weight is 483 g/mol. The zero-order valence-corrected chi connectivity index (χ0v) is 19.7. The first-order valence-corrected chi connectivity index (χ1v) is 11.6. The predicted octanol–water partition coefficient (Wildman–Crippen LogP) is 2.35. The molecule has 0 aliphatic carbocycles. The van der Waals surface area contributed by atoms with Crippen LogP contribution in [0.15, 0.2) is 79.3 Å². The fourth-order valence-electron chi connectivity index (χ4n) is 4.34. The van der Waals surface area contributed by atoms with Crippen molar-refractivity contribution in [3.63, 3.8) is 0 Å². The van der Waals surface area contributed by atoms with Crippen LogP contribution < -0.4 is 11.1 Å². The predicted molar refractivity (Wildman–Crippen MR) is 136 cm³/mol. The van der Waals surface area contributed by atoms with E-state index in [0.717, 1.165) is 16.7 Å². The van der Waals surface area contributed by atoms with Crippen LogP contribution in [0.3, 0.4) is 0 Å². The van der Waals surface area contributed by atoms with Crippen LogP contribution in [0.2, 0.25) is 0 Å². The van der Waals surface area contributed by atoms with E-state index in [-0.39, 0.29) is 30.4 Å². The molecule has 2 atom stereocenters. The van der Waals surface area contributed by atoms with Crippen molar-refractivity contribution < 1.29 is 14.7 Å². The van der Waals surface area contributed by atoms with Crippen LogP contribution in [0.1, 0.15) is 20.7 Å². The molecule has 0 saturated carbocycles. The molecule has 9 nitrogen and oxygen atoms in total. The summed E-state index contributed by atoms with van der Waals surface area (Å²) in [5.41, 5.74) is 10.3. The van der Waals surface area contributed by atoms with Gasteiger partial charge in [0.2, 0.25) is 0 Å². The summed E-state index contributed by atoms with van der Waals surface area (Å²) in [6, 6.07) is 18.3. The van der Waals surface area contributed by atoms with Gasteiger partial charge in [0, 0.05) is 49.2 Å². The molecule has 4 aromatic rings. The Balaban J connectivity index is 1.26. The molecule has 1 fully saturated rings. The zero-order valence-electron chi connectivity index (χ0n) is 19.7. The fourth-order valence-corrected chi connectivity index (χ4v) is 4.34. The second-order valence-electron chi connectivity index (χ2n) is 8.86. The topological polar surface area (TPSA) is 126 Å². The summed E-state index contributed by atoms with van der Waals surface area (Å²) < 4.78 is 1.65. The summed E-state index contributed by atoms with van der Waals surface area (Å²) in [5.74, 6) is -0.583. The Morgan fingerprint density at radius 2 is 1.69 bits per heavy atom. The van der Waals surface area contributed by atoms with Crippen molar-refractivity contribution in [2.24, 2.45) is 7.05 Å². The van der Waals surface area contributed by atoms with Crippen LogP contribution >= 0.6 is 0 Å². The summed E-state index contributed by atoms with van der Waals surface area (Å²) in [7, 11) is 1.80. The van der Waals surface area contributed by atoms with E-state index in [1.54, 1.807) is 47.2 Å². The number of likely N-dealkylation sites (tertiary alicyclic amines) is 1. The lowest BCUT2D eigenvalue weighted by Gasteiger charge is -2.18. The lowest BCUT2D eigenvalue weighted by molar-refractivity contribution is 0.0765. The van der Waals surface area contributed by atoms with Gasteiger partial charge in [-0.15, -0.1) is 0 Å². The van der Waals surface area contributed by atoms with E-state index in [0.29, 0.717) is 11.1 Å². The largest absolute Gasteiger partial charge is 0.389 e. The van der Waals surface area contributed by atoms with Crippen LogP contribution in [-0.4, -0.2) is 61.8 Å². The monoisotopic (exact) mass is 482 g/mol. The summed E-state index contributed by atoms with van der Waals surface area (Å²) in [5, 5.41) is 17.5. The third-order valence-corrected chi connectivity index (χ3v) is 6.33. The first kappa shape index (κ1) is 23.3. The van der Waals surface area contributed by atoms with Gasteiger partial charge < -0.3 is 21.1 Å². The minimum Gasteiger partial charge on any atom is -0.389 e. The molecule has 3 heterocycles. The van der Waals surface area contributed by atoms with Crippen LogP contribution in [0, 0.1) is 0 Å². The smallest absolute Gasteiger partial charge is 0.255 e. The summed E-state index contributed by atoms with van der Waals surface area (Å²) >= 11 is 0. The maximum Gasteiger partial charge on any atom is 0.255 e. The van der Waals surface area contributed by atoms with Crippen molar-refractivity contribution in [1.29, 1.82) is 0 Å². The van der Waals surface area contributed by atoms with Gasteiger partial charge in [0.05, 0.1) is 23.9 Å². The number of nitrogens with one attached hydrogen (secondary N) is 1. The number of carbonyl (C=O) groups is 2. The van der Waals surface area contributed by atoms with E-state index >= 15 is 0 Å². The van der Waals surface area contributed by atoms with Gasteiger partial charge in [0.15, 0.2) is 0 Å². The van der Waals surface area contributed by atoms with Crippen molar-refractivity contribution in [2.75, 3.05) is 18.8 Å². The first-order chi connectivity index (χ1) is 17.4. The fraction of sp³-hybridized carbons (Fsp3) is 0.185. The molecule has 5 rings (SSSR count). The van der Waals surface area contributed by atoms with E-state index in [9.17, 15) is 14.7 Å². The van der Waals surface area contributed by atoms with E-state index < -0.39 is 18.1 Å². The number of nitrogens with two attached hydrogens (primary N) is 1. The molecule has 9 heteroatoms. The zero-order chi connectivity index (χ0) is 25.2. The number of pyridine rings is 1. The molecule has 2 amide bonds. The molecule has 182 valence electrons. The highest BCUT2D eigenvalue weighted by Crippen LogP contribution is 2.23. The molecule has 0 bridgehead atoms. The van der Waals surface area contributed by atoms with Gasteiger partial charge in [0.25, 0.3) is 11.8 Å². The highest BCUT2D eigenvalue weighted by molar-refractivity contribution is 6.00. The number of aliphatic hydroxyl groups excluding tert-OH is 1. The number of anilines is 1. The highest BCUT2D eigenvalue weighted by Gasteiger charge is 2.35. The normalized spacial score (nSPS) is 17.2. The Hall–Kier alpha value is -4.50. The molecule has 2 aromatic carbocycles. The van der Waals surface area contributed by atoms with Crippen molar-refractivity contribution in [3.05, 3.63) is 90.4 Å². The lowest BCUT2D eigenvalue weighted by Crippen LogP contribution is -2.43. The second-order valence-corrected chi connectivity index (χ2v) is 8.86. The van der Waals surface area contributed by atoms with Crippen molar-refractivity contribution in [3.8, 4) is 22.3 Å². The molecular formula is C27H26N6O3. The number of hydrogen-bond donors (Lipinski definition) is 3. The van der Waals surface area contributed by atoms with E-state index in [4.69, 9.17) is 5.73 Å². The Morgan fingerprint density at radius 1 is 0.972 bits per heavy atom. The Labute approximate surface area is 208 Å². The van der Waals surface area contributed by atoms with Crippen molar-refractivity contribution >= 4 is 17.6 Å². The van der Waals surface area contributed by atoms with E-state index in [1.807, 2.05) is 48.7 Å². The average Bonchev–Trinajstić information content (AvgIpc) is 3.49. The number of rotatable bonds is 5. The third kappa shape index (κ3) is 4.69. The minimum atomic E-state index is -0.905. The third-order valence-electron chi connectivity index (χ3n) is 6.33. The molecule has 4 N–H and O–H groups in total. The number of aliphatic hydroxyl groups is 1. The minimum absolute atomic E-state index is 0.0825. The maximum absolute atomic E-state index is 13.1. The SMILES string of the molecule is Cn1cc(-c2cnc(N)c(C(=O)N[C@H]3CN(C(=O)c4ccc(-c5ccccc5)cc4)C[C@@H]3O)c2)cn1. The number of nitrogen functional groups attached to an aromatic ring is 1. The Kier molecular flexibility index (Phi) is 6.22. The molecule has 1 saturated heterocycles. The Morgan fingerprint density at radius 3 is 2.39 bits per heavy atom. The summed E-state index contributed by atoms with van der Waals surface area (Å²) in [4.78, 5) is 31.8. The Bertz CT molecular complexity index is 1400. The second kappa shape index (κ2) is 9.63. The standard InChI is InChI=1S/C27H26N6O3/c1-32-14-21(13-30-32)20-11-22(25(28)29-12-20)26(35)31-23-15-33(16-24(23)34)27(36)19-9-7-18(8-10-19)17-5-3-2-4-6-17/h2-14,23-24,34H,15-16H2,1H3,(H2,28,29)(H,31,35)/t23-,24-/m0/s1. The number of amides is 2. The van der Waals surface area contributed by atoms with Crippen LogP contribution in [0.5, 0.6) is 0 Å². The highest BCUT2D eigenvalue weighted by atomic mass is 16.3. The maximum atomic E-state index is 13.1. The summed E-state index contributed by atoms with van der Waals surface area (Å²) in [6.07, 6.45) is 4.16. The van der Waals surface area contributed by atoms with Gasteiger partial charge in [-0.3, -0.25) is 14.3 Å². The lowest BCUT2D eigenvalue weighted by atomic mass is 10.0. The van der Waals surface area contributed by atoms with Crippen LogP contribution in [0.4, 0.5) is 5.82 Å². The number of aryl methyl sites for hydroxylation is 1. The molecular weight excluding hydrogens is 456 g/mol. The van der Waals surface area contributed by atoms with Gasteiger partial charge in [-0.05, 0) is 29.3 Å². The molecule has 36 heavy (non-hydrogen) atoms. The number of β-amino-alcohol motifs (C(OH)–C–C–N with tert-alkyl or cyclic N) is 1. The molecule has 1 aliphatic rings. The quantitative estimate of drug-likeness (QED) is 0.401. The van der Waals surface area contributed by atoms with Gasteiger partial charge >= 0.3 is 0 Å². The van der Waals surface area contributed by atoms with E-state index in [1.165, 1.54) is 0 Å². The van der Waals surface area contributed by atoms with Crippen molar-refractivity contribution in [1.82, 2.24) is 25.0 Å². The molecule has 1 aliphatic heterocycles. The molecule has 0 spiro atoms. The molecule has 0 radical (unpaired) electrons. The van der Waals surface area contributed by atoms with E-state index in [2.05, 4.69) is 15.4 Å². The summed E-state index contributed by atoms with van der Waals surface area (Å²) in [6.45, 7) is 0.301. The van der Waals surface area contributed by atoms with Gasteiger partial charge in [0.1, 0.15) is 5.82 Å². The number of nitrogens with zero attached hydrogens (tertiary/aromatic N) is 4. The molecule has 0 unspecified atom stereocenters. The van der Waals surface area contributed by atoms with Crippen LogP contribution in [0.25, 0.3) is 22.3 Å². The van der Waals surface area contributed by atoms with Gasteiger partial charge in [-0.2, -0.15) is 5.10 Å². The number of carbonyl (C=O) groups excluding carboxylic acids is 2. The van der Waals surface area contributed by atoms with Crippen molar-refractivity contribution in [2.45, 2.75) is 12.1 Å². The first-order valence-electron chi connectivity index (χ1n) is 11.6. The van der Waals surface area contributed by atoms with Gasteiger partial charge in [-0.25, -0.2) is 4.98 Å². The number of hydrogen-bond acceptors (Lipinski definition) is 6. The van der Waals surface area contributed by atoms with Crippen LogP contribution in [-0.2, 0) is 7.05 Å². The molecule has 2 aromatic heterocycles. The number of benzene rings is 2.